The van der Waals surface area contributed by atoms with Crippen LogP contribution >= 0.6 is 15.9 Å². The van der Waals surface area contributed by atoms with E-state index in [2.05, 4.69) is 15.9 Å². The number of hydrogen-bond donors (Lipinski definition) is 2. The minimum Gasteiger partial charge on any atom is -0.508 e. The second-order valence-corrected chi connectivity index (χ2v) is 3.02. The normalized spacial score (nSPS) is 10.8. The van der Waals surface area contributed by atoms with Crippen molar-refractivity contribution in [3.05, 3.63) is 29.8 Å². The zero-order chi connectivity index (χ0) is 8.97. The second-order valence-electron chi connectivity index (χ2n) is 2.37. The van der Waals surface area contributed by atoms with Crippen LogP contribution in [0, 0.1) is 0 Å². The number of nitrogens with two attached hydrogens (primary N) is 1. The number of phenolic OH excluding ortho intramolecular Hbond substituents is 1. The number of nitrogen functional groups attached to an aromatic ring is 1. The summed E-state index contributed by atoms with van der Waals surface area (Å²) >= 11 is 3.27. The predicted molar refractivity (Wildman–Crippen MR) is 55.3 cm³/mol. The maximum absolute atomic E-state index is 9.05. The van der Waals surface area contributed by atoms with E-state index in [-0.39, 0.29) is 5.75 Å². The summed E-state index contributed by atoms with van der Waals surface area (Å²) in [6, 6.07) is 4.93. The van der Waals surface area contributed by atoms with Gasteiger partial charge < -0.3 is 10.8 Å². The fraction of sp³-hybridized carbons (Fsp3) is 0.111. The Hall–Kier alpha value is -0.960. The molecule has 0 fully saturated rings. The lowest BCUT2D eigenvalue weighted by Gasteiger charge is -1.99. The molecule has 3 N–H and O–H groups in total. The topological polar surface area (TPSA) is 46.2 Å². The molecular weight excluding hydrogens is 218 g/mol. The Balaban J connectivity index is 2.94. The van der Waals surface area contributed by atoms with Crippen molar-refractivity contribution >= 4 is 27.7 Å². The largest absolute Gasteiger partial charge is 0.508 e. The van der Waals surface area contributed by atoms with Gasteiger partial charge in [0.05, 0.1) is 0 Å². The smallest absolute Gasteiger partial charge is 0.117 e. The van der Waals surface area contributed by atoms with Crippen molar-refractivity contribution in [2.24, 2.45) is 0 Å². The van der Waals surface area contributed by atoms with Crippen molar-refractivity contribution in [2.75, 3.05) is 11.1 Å². The Bertz CT molecular complexity index is 297. The van der Waals surface area contributed by atoms with Crippen LogP contribution in [-0.2, 0) is 0 Å². The first-order valence-electron chi connectivity index (χ1n) is 3.55. The highest BCUT2D eigenvalue weighted by molar-refractivity contribution is 9.09. The predicted octanol–water partition coefficient (Wildman–Crippen LogP) is 2.38. The first kappa shape index (κ1) is 9.13. The number of rotatable bonds is 2. The van der Waals surface area contributed by atoms with Gasteiger partial charge in [-0.15, -0.1) is 0 Å². The van der Waals surface area contributed by atoms with Crippen molar-refractivity contribution < 1.29 is 5.11 Å². The fourth-order valence-corrected chi connectivity index (χ4v) is 1.07. The summed E-state index contributed by atoms with van der Waals surface area (Å²) in [5, 5.41) is 9.85. The molecule has 0 aromatic heterocycles. The average molecular weight is 228 g/mol. The Kier molecular flexibility index (Phi) is 3.17. The number of halogens is 1. The van der Waals surface area contributed by atoms with Crippen LogP contribution in [0.25, 0.3) is 6.08 Å². The molecule has 0 atom stereocenters. The van der Waals surface area contributed by atoms with E-state index in [4.69, 9.17) is 10.8 Å². The number of hydrogen-bond acceptors (Lipinski definition) is 2. The lowest BCUT2D eigenvalue weighted by molar-refractivity contribution is 0.475. The first-order chi connectivity index (χ1) is 5.74. The molecule has 0 heterocycles. The Morgan fingerprint density at radius 3 is 2.83 bits per heavy atom. The highest BCUT2D eigenvalue weighted by Gasteiger charge is 1.94. The fourth-order valence-electron chi connectivity index (χ4n) is 0.885. The Labute approximate surface area is 79.8 Å². The summed E-state index contributed by atoms with van der Waals surface area (Å²) in [5.41, 5.74) is 7.15. The molecule has 0 saturated carbocycles. The molecular formula is C9H10BrNO. The quantitative estimate of drug-likeness (QED) is 0.603. The minimum absolute atomic E-state index is 0.198. The highest BCUT2D eigenvalue weighted by atomic mass is 79.9. The molecule has 0 aliphatic rings. The summed E-state index contributed by atoms with van der Waals surface area (Å²) in [7, 11) is 0. The molecule has 0 aliphatic carbocycles. The zero-order valence-electron chi connectivity index (χ0n) is 6.50. The van der Waals surface area contributed by atoms with E-state index < -0.39 is 0 Å². The van der Waals surface area contributed by atoms with E-state index in [1.165, 1.54) is 6.07 Å². The Morgan fingerprint density at radius 1 is 1.50 bits per heavy atom. The van der Waals surface area contributed by atoms with Gasteiger partial charge in [0, 0.05) is 17.1 Å². The van der Waals surface area contributed by atoms with E-state index in [0.717, 1.165) is 10.9 Å². The monoisotopic (exact) mass is 227 g/mol. The van der Waals surface area contributed by atoms with Gasteiger partial charge in [-0.05, 0) is 17.7 Å². The van der Waals surface area contributed by atoms with Crippen molar-refractivity contribution in [3.63, 3.8) is 0 Å². The molecule has 2 nitrogen and oxygen atoms in total. The number of phenols is 1. The number of anilines is 1. The molecule has 0 bridgehead atoms. The maximum Gasteiger partial charge on any atom is 0.117 e. The zero-order valence-corrected chi connectivity index (χ0v) is 8.08. The van der Waals surface area contributed by atoms with Gasteiger partial charge in [-0.3, -0.25) is 0 Å². The molecule has 1 aromatic carbocycles. The Morgan fingerprint density at radius 2 is 2.25 bits per heavy atom. The number of alkyl halides is 1. The van der Waals surface area contributed by atoms with Crippen LogP contribution < -0.4 is 5.73 Å². The molecule has 64 valence electrons. The van der Waals surface area contributed by atoms with Gasteiger partial charge in [0.25, 0.3) is 0 Å². The minimum atomic E-state index is 0.198. The van der Waals surface area contributed by atoms with E-state index in [0.29, 0.717) is 5.69 Å². The molecule has 0 spiro atoms. The SMILES string of the molecule is Nc1cc(O)ccc1C=CCBr. The van der Waals surface area contributed by atoms with E-state index >= 15 is 0 Å². The van der Waals surface area contributed by atoms with Crippen LogP contribution in [-0.4, -0.2) is 10.4 Å². The van der Waals surface area contributed by atoms with Gasteiger partial charge in [0.2, 0.25) is 0 Å². The summed E-state index contributed by atoms with van der Waals surface area (Å²) in [4.78, 5) is 0. The van der Waals surface area contributed by atoms with Crippen LogP contribution in [0.5, 0.6) is 5.75 Å². The van der Waals surface area contributed by atoms with E-state index in [9.17, 15) is 0 Å². The first-order valence-corrected chi connectivity index (χ1v) is 4.67. The molecule has 0 saturated heterocycles. The molecule has 0 amide bonds. The van der Waals surface area contributed by atoms with Crippen LogP contribution in [0.4, 0.5) is 5.69 Å². The second kappa shape index (κ2) is 4.16. The van der Waals surface area contributed by atoms with Gasteiger partial charge in [-0.25, -0.2) is 0 Å². The van der Waals surface area contributed by atoms with Crippen molar-refractivity contribution in [1.29, 1.82) is 0 Å². The van der Waals surface area contributed by atoms with Gasteiger partial charge >= 0.3 is 0 Å². The van der Waals surface area contributed by atoms with Gasteiger partial charge in [-0.2, -0.15) is 0 Å². The lowest BCUT2D eigenvalue weighted by atomic mass is 10.1. The number of benzene rings is 1. The summed E-state index contributed by atoms with van der Waals surface area (Å²) in [5.74, 6) is 0.198. The molecule has 12 heavy (non-hydrogen) atoms. The van der Waals surface area contributed by atoms with Gasteiger partial charge in [0.1, 0.15) is 5.75 Å². The third-order valence-corrected chi connectivity index (χ3v) is 1.83. The average Bonchev–Trinajstić information content (AvgIpc) is 2.03. The van der Waals surface area contributed by atoms with Crippen molar-refractivity contribution in [2.45, 2.75) is 0 Å². The van der Waals surface area contributed by atoms with E-state index in [1.54, 1.807) is 12.1 Å². The number of allylic oxidation sites excluding steroid dienone is 1. The van der Waals surface area contributed by atoms with E-state index in [1.807, 2.05) is 12.2 Å². The lowest BCUT2D eigenvalue weighted by Crippen LogP contribution is -1.87. The third kappa shape index (κ3) is 2.27. The highest BCUT2D eigenvalue weighted by Crippen LogP contribution is 2.19. The van der Waals surface area contributed by atoms with Crippen LogP contribution in [0.3, 0.4) is 0 Å². The van der Waals surface area contributed by atoms with Crippen LogP contribution in [0.2, 0.25) is 0 Å². The molecule has 1 aromatic rings. The van der Waals surface area contributed by atoms with Crippen LogP contribution in [0.15, 0.2) is 24.3 Å². The van der Waals surface area contributed by atoms with Crippen LogP contribution in [0.1, 0.15) is 5.56 Å². The molecule has 1 rings (SSSR count). The third-order valence-electron chi connectivity index (χ3n) is 1.46. The number of aromatic hydroxyl groups is 1. The van der Waals surface area contributed by atoms with Crippen molar-refractivity contribution in [3.8, 4) is 5.75 Å². The molecule has 0 unspecified atom stereocenters. The van der Waals surface area contributed by atoms with Gasteiger partial charge in [-0.1, -0.05) is 28.1 Å². The summed E-state index contributed by atoms with van der Waals surface area (Å²) in [6.07, 6.45) is 3.85. The van der Waals surface area contributed by atoms with Gasteiger partial charge in [0.15, 0.2) is 0 Å². The molecule has 0 aliphatic heterocycles. The summed E-state index contributed by atoms with van der Waals surface area (Å²) < 4.78 is 0. The molecule has 0 radical (unpaired) electrons. The summed E-state index contributed by atoms with van der Waals surface area (Å²) in [6.45, 7) is 0. The maximum atomic E-state index is 9.05. The standard InChI is InChI=1S/C9H10BrNO/c10-5-1-2-7-3-4-8(12)6-9(7)11/h1-4,6,12H,5,11H2. The van der Waals surface area contributed by atoms with Crippen molar-refractivity contribution in [1.82, 2.24) is 0 Å². The molecule has 3 heteroatoms.